The van der Waals surface area contributed by atoms with E-state index in [-0.39, 0.29) is 23.8 Å². The molecule has 2 aromatic rings. The Morgan fingerprint density at radius 1 is 0.960 bits per heavy atom. The zero-order chi connectivity index (χ0) is 17.8. The summed E-state index contributed by atoms with van der Waals surface area (Å²) in [5, 5.41) is 2.92. The molecule has 1 saturated carbocycles. The van der Waals surface area contributed by atoms with Crippen molar-refractivity contribution in [3.63, 3.8) is 0 Å². The quantitative estimate of drug-likeness (QED) is 0.927. The third-order valence-corrected chi connectivity index (χ3v) is 4.88. The van der Waals surface area contributed by atoms with Crippen LogP contribution in [0.25, 0.3) is 11.1 Å². The fourth-order valence-electron chi connectivity index (χ4n) is 3.53. The molecule has 0 saturated heterocycles. The second-order valence-corrected chi connectivity index (χ2v) is 6.72. The van der Waals surface area contributed by atoms with Gasteiger partial charge in [0.15, 0.2) is 0 Å². The van der Waals surface area contributed by atoms with E-state index in [4.69, 9.17) is 0 Å². The summed E-state index contributed by atoms with van der Waals surface area (Å²) in [6.45, 7) is 1.52. The van der Waals surface area contributed by atoms with E-state index in [2.05, 4.69) is 17.4 Å². The molecule has 3 rings (SSSR count). The van der Waals surface area contributed by atoms with E-state index in [1.54, 1.807) is 4.90 Å². The van der Waals surface area contributed by atoms with Crippen molar-refractivity contribution in [1.29, 1.82) is 0 Å². The molecule has 130 valence electrons. The summed E-state index contributed by atoms with van der Waals surface area (Å²) in [6, 6.07) is 18.4. The molecule has 1 fully saturated rings. The fourth-order valence-corrected chi connectivity index (χ4v) is 3.53. The average Bonchev–Trinajstić information content (AvgIpc) is 3.09. The summed E-state index contributed by atoms with van der Waals surface area (Å²) >= 11 is 0. The first kappa shape index (κ1) is 17.2. The molecule has 0 radical (unpaired) electrons. The number of nitrogens with one attached hydrogen (secondary N) is 1. The minimum atomic E-state index is -0.0250. The lowest BCUT2D eigenvalue weighted by Gasteiger charge is -2.21. The van der Waals surface area contributed by atoms with E-state index in [1.807, 2.05) is 49.5 Å². The van der Waals surface area contributed by atoms with Gasteiger partial charge in [-0.2, -0.15) is 0 Å². The SMILES string of the molecule is CC(=O)N[C@@H]1CC[C@H](C(=O)N(C)c2ccc(-c3ccccc3)cc2)C1. The second kappa shape index (κ2) is 7.51. The largest absolute Gasteiger partial charge is 0.354 e. The van der Waals surface area contributed by atoms with Gasteiger partial charge in [0.2, 0.25) is 11.8 Å². The number of benzene rings is 2. The van der Waals surface area contributed by atoms with Crippen LogP contribution < -0.4 is 10.2 Å². The highest BCUT2D eigenvalue weighted by Gasteiger charge is 2.32. The van der Waals surface area contributed by atoms with Gasteiger partial charge < -0.3 is 10.2 Å². The van der Waals surface area contributed by atoms with Crippen molar-refractivity contribution in [2.45, 2.75) is 32.2 Å². The van der Waals surface area contributed by atoms with Gasteiger partial charge in [-0.1, -0.05) is 42.5 Å². The molecule has 4 heteroatoms. The number of carbonyl (C=O) groups excluding carboxylic acids is 2. The predicted octanol–water partition coefficient (Wildman–Crippen LogP) is 3.62. The van der Waals surface area contributed by atoms with Crippen molar-refractivity contribution in [1.82, 2.24) is 5.32 Å². The van der Waals surface area contributed by atoms with Gasteiger partial charge in [-0.3, -0.25) is 9.59 Å². The van der Waals surface area contributed by atoms with Crippen LogP contribution in [0.15, 0.2) is 54.6 Å². The van der Waals surface area contributed by atoms with Gasteiger partial charge in [0.05, 0.1) is 0 Å². The molecule has 4 nitrogen and oxygen atoms in total. The van der Waals surface area contributed by atoms with Crippen LogP contribution in [0.4, 0.5) is 5.69 Å². The first-order valence-electron chi connectivity index (χ1n) is 8.75. The van der Waals surface area contributed by atoms with Crippen LogP contribution in [0.1, 0.15) is 26.2 Å². The Morgan fingerprint density at radius 2 is 1.60 bits per heavy atom. The van der Waals surface area contributed by atoms with Crippen molar-refractivity contribution in [2.24, 2.45) is 5.92 Å². The lowest BCUT2D eigenvalue weighted by atomic mass is 10.0. The van der Waals surface area contributed by atoms with Crippen molar-refractivity contribution in [3.8, 4) is 11.1 Å². The monoisotopic (exact) mass is 336 g/mol. The molecule has 1 aliphatic carbocycles. The highest BCUT2D eigenvalue weighted by Crippen LogP contribution is 2.29. The molecular formula is C21H24N2O2. The van der Waals surface area contributed by atoms with Gasteiger partial charge in [0, 0.05) is 31.6 Å². The number of hydrogen-bond acceptors (Lipinski definition) is 2. The van der Waals surface area contributed by atoms with E-state index >= 15 is 0 Å². The van der Waals surface area contributed by atoms with Crippen LogP contribution >= 0.6 is 0 Å². The Bertz CT molecular complexity index is 740. The summed E-state index contributed by atoms with van der Waals surface area (Å²) in [4.78, 5) is 25.7. The number of nitrogens with zero attached hydrogens (tertiary/aromatic N) is 1. The zero-order valence-corrected chi connectivity index (χ0v) is 14.7. The smallest absolute Gasteiger partial charge is 0.229 e. The number of amides is 2. The molecule has 0 aliphatic heterocycles. The van der Waals surface area contributed by atoms with E-state index in [9.17, 15) is 9.59 Å². The van der Waals surface area contributed by atoms with Crippen molar-refractivity contribution >= 4 is 17.5 Å². The van der Waals surface area contributed by atoms with Gasteiger partial charge in [-0.15, -0.1) is 0 Å². The summed E-state index contributed by atoms with van der Waals surface area (Å²) in [7, 11) is 1.82. The molecule has 25 heavy (non-hydrogen) atoms. The van der Waals surface area contributed by atoms with Crippen LogP contribution in [0, 0.1) is 5.92 Å². The van der Waals surface area contributed by atoms with Gasteiger partial charge in [0.1, 0.15) is 0 Å². The standard InChI is InChI=1S/C21H24N2O2/c1-15(24)22-19-11-8-18(14-19)21(25)23(2)20-12-9-17(10-13-20)16-6-4-3-5-7-16/h3-7,9-10,12-13,18-19H,8,11,14H2,1-2H3,(H,22,24)/t18-,19+/m0/s1. The Balaban J connectivity index is 1.65. The van der Waals surface area contributed by atoms with Gasteiger partial charge >= 0.3 is 0 Å². The van der Waals surface area contributed by atoms with Crippen LogP contribution in [0.3, 0.4) is 0 Å². The summed E-state index contributed by atoms with van der Waals surface area (Å²) in [5.74, 6) is 0.0823. The van der Waals surface area contributed by atoms with Gasteiger partial charge in [0.25, 0.3) is 0 Å². The van der Waals surface area contributed by atoms with Crippen LogP contribution in [-0.2, 0) is 9.59 Å². The molecule has 0 heterocycles. The molecule has 2 atom stereocenters. The lowest BCUT2D eigenvalue weighted by molar-refractivity contribution is -0.122. The van der Waals surface area contributed by atoms with Crippen molar-refractivity contribution < 1.29 is 9.59 Å². The molecule has 0 aromatic heterocycles. The normalized spacial score (nSPS) is 19.4. The molecule has 0 unspecified atom stereocenters. The maximum atomic E-state index is 12.7. The highest BCUT2D eigenvalue weighted by molar-refractivity contribution is 5.95. The second-order valence-electron chi connectivity index (χ2n) is 6.72. The minimum Gasteiger partial charge on any atom is -0.354 e. The molecular weight excluding hydrogens is 312 g/mol. The maximum Gasteiger partial charge on any atom is 0.229 e. The van der Waals surface area contributed by atoms with Crippen LogP contribution in [-0.4, -0.2) is 24.9 Å². The Kier molecular flexibility index (Phi) is 5.17. The van der Waals surface area contributed by atoms with E-state index in [0.29, 0.717) is 0 Å². The summed E-state index contributed by atoms with van der Waals surface area (Å²) < 4.78 is 0. The molecule has 0 bridgehead atoms. The first-order chi connectivity index (χ1) is 12.0. The summed E-state index contributed by atoms with van der Waals surface area (Å²) in [5.41, 5.74) is 3.20. The highest BCUT2D eigenvalue weighted by atomic mass is 16.2. The number of hydrogen-bond donors (Lipinski definition) is 1. The molecule has 2 aromatic carbocycles. The van der Waals surface area contributed by atoms with Gasteiger partial charge in [-0.25, -0.2) is 0 Å². The number of rotatable bonds is 4. The summed E-state index contributed by atoms with van der Waals surface area (Å²) in [6.07, 6.45) is 2.43. The van der Waals surface area contributed by atoms with Crippen LogP contribution in [0.5, 0.6) is 0 Å². The number of anilines is 1. The van der Waals surface area contributed by atoms with Crippen LogP contribution in [0.2, 0.25) is 0 Å². The van der Waals surface area contributed by atoms with E-state index < -0.39 is 0 Å². The number of carbonyl (C=O) groups is 2. The zero-order valence-electron chi connectivity index (χ0n) is 14.7. The maximum absolute atomic E-state index is 12.7. The van der Waals surface area contributed by atoms with Gasteiger partial charge in [-0.05, 0) is 42.5 Å². The predicted molar refractivity (Wildman–Crippen MR) is 100 cm³/mol. The average molecular weight is 336 g/mol. The fraction of sp³-hybridized carbons (Fsp3) is 0.333. The van der Waals surface area contributed by atoms with E-state index in [0.717, 1.165) is 36.1 Å². The topological polar surface area (TPSA) is 49.4 Å². The lowest BCUT2D eigenvalue weighted by Crippen LogP contribution is -2.34. The molecule has 1 N–H and O–H groups in total. The van der Waals surface area contributed by atoms with E-state index in [1.165, 1.54) is 6.92 Å². The van der Waals surface area contributed by atoms with Crippen molar-refractivity contribution in [3.05, 3.63) is 54.6 Å². The molecule has 0 spiro atoms. The Hall–Kier alpha value is -2.62. The molecule has 2 amide bonds. The Labute approximate surface area is 148 Å². The van der Waals surface area contributed by atoms with Crippen molar-refractivity contribution in [2.75, 3.05) is 11.9 Å². The Morgan fingerprint density at radius 3 is 2.24 bits per heavy atom. The first-order valence-corrected chi connectivity index (χ1v) is 8.75. The third kappa shape index (κ3) is 4.08. The molecule has 1 aliphatic rings. The minimum absolute atomic E-state index is 0.0179. The third-order valence-electron chi connectivity index (χ3n) is 4.88.